The average molecular weight is 376 g/mol. The van der Waals surface area contributed by atoms with E-state index in [4.69, 9.17) is 0 Å². The zero-order valence-corrected chi connectivity index (χ0v) is 15.8. The number of anilines is 1. The summed E-state index contributed by atoms with van der Waals surface area (Å²) < 4.78 is 26.9. The fraction of sp³-hybridized carbons (Fsp3) is 0.350. The van der Waals surface area contributed by atoms with Crippen LogP contribution in [0.5, 0.6) is 0 Å². The first-order valence-corrected chi connectivity index (χ1v) is 9.61. The molecule has 0 aromatic heterocycles. The van der Waals surface area contributed by atoms with E-state index in [1.54, 1.807) is 4.90 Å². The molecule has 0 bridgehead atoms. The Labute approximate surface area is 157 Å². The van der Waals surface area contributed by atoms with Crippen molar-refractivity contribution in [1.82, 2.24) is 4.90 Å². The third-order valence-electron chi connectivity index (χ3n) is 4.79. The molecule has 1 heterocycles. The van der Waals surface area contributed by atoms with Crippen LogP contribution in [0.3, 0.4) is 0 Å². The summed E-state index contributed by atoms with van der Waals surface area (Å²) in [5.74, 6) is -0.921. The number of piperazine rings is 1. The van der Waals surface area contributed by atoms with Crippen molar-refractivity contribution in [2.75, 3.05) is 36.8 Å². The lowest BCUT2D eigenvalue weighted by Crippen LogP contribution is -2.49. The van der Waals surface area contributed by atoms with Crippen LogP contribution < -0.4 is 4.90 Å². The molecule has 1 aliphatic rings. The van der Waals surface area contributed by atoms with Gasteiger partial charge in [0.05, 0.1) is 5.75 Å². The van der Waals surface area contributed by atoms with Gasteiger partial charge in [0.1, 0.15) is 11.6 Å². The zero-order chi connectivity index (χ0) is 18.7. The number of thioether (sulfide) groups is 1. The lowest BCUT2D eigenvalue weighted by molar-refractivity contribution is -0.128. The van der Waals surface area contributed by atoms with Crippen molar-refractivity contribution in [2.45, 2.75) is 18.7 Å². The lowest BCUT2D eigenvalue weighted by Gasteiger charge is -2.37. The third kappa shape index (κ3) is 4.18. The molecule has 0 atom stereocenters. The molecular weight excluding hydrogens is 354 g/mol. The van der Waals surface area contributed by atoms with Gasteiger partial charge in [-0.1, -0.05) is 12.1 Å². The summed E-state index contributed by atoms with van der Waals surface area (Å²) in [4.78, 5) is 16.7. The zero-order valence-electron chi connectivity index (χ0n) is 15.0. The quantitative estimate of drug-likeness (QED) is 0.753. The number of benzene rings is 2. The van der Waals surface area contributed by atoms with Crippen LogP contribution in [-0.2, 0) is 4.79 Å². The Kier molecular flexibility index (Phi) is 5.81. The Bertz CT molecular complexity index is 804. The van der Waals surface area contributed by atoms with E-state index in [1.165, 1.54) is 16.8 Å². The summed E-state index contributed by atoms with van der Waals surface area (Å²) >= 11 is 1.04. The van der Waals surface area contributed by atoms with Crippen molar-refractivity contribution >= 4 is 23.4 Å². The Balaban J connectivity index is 1.55. The fourth-order valence-electron chi connectivity index (χ4n) is 3.09. The summed E-state index contributed by atoms with van der Waals surface area (Å²) in [5, 5.41) is 0. The van der Waals surface area contributed by atoms with E-state index in [0.717, 1.165) is 43.1 Å². The predicted molar refractivity (Wildman–Crippen MR) is 102 cm³/mol. The van der Waals surface area contributed by atoms with Crippen molar-refractivity contribution in [3.05, 3.63) is 59.2 Å². The van der Waals surface area contributed by atoms with Crippen LogP contribution in [0.4, 0.5) is 14.5 Å². The highest BCUT2D eigenvalue weighted by molar-refractivity contribution is 8.00. The molecule has 3 nitrogen and oxygen atoms in total. The van der Waals surface area contributed by atoms with Gasteiger partial charge in [-0.3, -0.25) is 4.79 Å². The number of nitrogens with zero attached hydrogens (tertiary/aromatic N) is 2. The second-order valence-corrected chi connectivity index (χ2v) is 7.47. The number of hydrogen-bond acceptors (Lipinski definition) is 3. The van der Waals surface area contributed by atoms with Gasteiger partial charge >= 0.3 is 0 Å². The van der Waals surface area contributed by atoms with Gasteiger partial charge in [-0.05, 0) is 49.2 Å². The van der Waals surface area contributed by atoms with Crippen LogP contribution in [0.25, 0.3) is 0 Å². The van der Waals surface area contributed by atoms with E-state index < -0.39 is 11.6 Å². The second kappa shape index (κ2) is 8.08. The van der Waals surface area contributed by atoms with Crippen molar-refractivity contribution < 1.29 is 13.6 Å². The molecule has 26 heavy (non-hydrogen) atoms. The monoisotopic (exact) mass is 376 g/mol. The molecule has 1 aliphatic heterocycles. The molecule has 0 saturated carbocycles. The van der Waals surface area contributed by atoms with Crippen LogP contribution in [-0.4, -0.2) is 42.7 Å². The normalized spacial score (nSPS) is 14.6. The molecule has 0 radical (unpaired) electrons. The Morgan fingerprint density at radius 2 is 1.81 bits per heavy atom. The van der Waals surface area contributed by atoms with E-state index in [0.29, 0.717) is 13.1 Å². The largest absolute Gasteiger partial charge is 0.368 e. The average Bonchev–Trinajstić information content (AvgIpc) is 2.64. The molecule has 0 N–H and O–H groups in total. The predicted octanol–water partition coefficient (Wildman–Crippen LogP) is 4.02. The van der Waals surface area contributed by atoms with E-state index in [1.807, 2.05) is 0 Å². The maximum Gasteiger partial charge on any atom is 0.233 e. The molecule has 0 unspecified atom stereocenters. The fourth-order valence-corrected chi connectivity index (χ4v) is 3.96. The van der Waals surface area contributed by atoms with Gasteiger partial charge in [-0.25, -0.2) is 8.78 Å². The molecule has 1 saturated heterocycles. The minimum atomic E-state index is -0.497. The van der Waals surface area contributed by atoms with Crippen LogP contribution in [0.2, 0.25) is 0 Å². The molecule has 2 aromatic rings. The van der Waals surface area contributed by atoms with Gasteiger partial charge in [0.2, 0.25) is 5.91 Å². The molecule has 1 fully saturated rings. The van der Waals surface area contributed by atoms with Crippen LogP contribution in [0, 0.1) is 25.5 Å². The number of rotatable bonds is 4. The first kappa shape index (κ1) is 18.7. The first-order valence-electron chi connectivity index (χ1n) is 8.62. The maximum absolute atomic E-state index is 13.7. The SMILES string of the molecule is Cc1cccc(N2CCN(C(=O)CSc3cc(F)ccc3F)CC2)c1C. The molecule has 0 spiro atoms. The Morgan fingerprint density at radius 3 is 2.54 bits per heavy atom. The summed E-state index contributed by atoms with van der Waals surface area (Å²) in [6, 6.07) is 9.56. The topological polar surface area (TPSA) is 23.6 Å². The van der Waals surface area contributed by atoms with E-state index in [2.05, 4.69) is 36.9 Å². The summed E-state index contributed by atoms with van der Waals surface area (Å²) in [7, 11) is 0. The van der Waals surface area contributed by atoms with Crippen molar-refractivity contribution in [1.29, 1.82) is 0 Å². The summed E-state index contributed by atoms with van der Waals surface area (Å²) in [6.07, 6.45) is 0. The van der Waals surface area contributed by atoms with Gasteiger partial charge in [-0.15, -0.1) is 11.8 Å². The van der Waals surface area contributed by atoms with Crippen LogP contribution in [0.15, 0.2) is 41.3 Å². The van der Waals surface area contributed by atoms with Crippen molar-refractivity contribution in [3.63, 3.8) is 0 Å². The molecule has 138 valence electrons. The highest BCUT2D eigenvalue weighted by Gasteiger charge is 2.22. The number of amides is 1. The molecular formula is C20H22F2N2OS. The number of hydrogen-bond donors (Lipinski definition) is 0. The molecule has 1 amide bonds. The van der Waals surface area contributed by atoms with E-state index in [9.17, 15) is 13.6 Å². The Hall–Kier alpha value is -2.08. The number of halogens is 2. The first-order chi connectivity index (χ1) is 12.5. The second-order valence-electron chi connectivity index (χ2n) is 6.45. The third-order valence-corrected chi connectivity index (χ3v) is 5.81. The van der Waals surface area contributed by atoms with Crippen LogP contribution >= 0.6 is 11.8 Å². The summed E-state index contributed by atoms with van der Waals surface area (Å²) in [5.41, 5.74) is 3.74. The van der Waals surface area contributed by atoms with Gasteiger partial charge in [0.25, 0.3) is 0 Å². The Morgan fingerprint density at radius 1 is 1.08 bits per heavy atom. The van der Waals surface area contributed by atoms with E-state index in [-0.39, 0.29) is 16.6 Å². The standard InChI is InChI=1S/C20H22F2N2OS/c1-14-4-3-5-18(15(14)2)23-8-10-24(11-9-23)20(25)13-26-19-12-16(21)6-7-17(19)22/h3-7,12H,8-11,13H2,1-2H3. The number of carbonyl (C=O) groups is 1. The van der Waals surface area contributed by atoms with E-state index >= 15 is 0 Å². The lowest BCUT2D eigenvalue weighted by atomic mass is 10.1. The molecule has 3 rings (SSSR count). The number of carbonyl (C=O) groups excluding carboxylic acids is 1. The van der Waals surface area contributed by atoms with Crippen LogP contribution in [0.1, 0.15) is 11.1 Å². The van der Waals surface area contributed by atoms with Gasteiger partial charge in [0, 0.05) is 36.8 Å². The number of aryl methyl sites for hydroxylation is 1. The van der Waals surface area contributed by atoms with Gasteiger partial charge < -0.3 is 9.80 Å². The van der Waals surface area contributed by atoms with Crippen molar-refractivity contribution in [3.8, 4) is 0 Å². The highest BCUT2D eigenvalue weighted by Crippen LogP contribution is 2.25. The minimum Gasteiger partial charge on any atom is -0.368 e. The van der Waals surface area contributed by atoms with Crippen molar-refractivity contribution in [2.24, 2.45) is 0 Å². The minimum absolute atomic E-state index is 0.0423. The molecule has 0 aliphatic carbocycles. The maximum atomic E-state index is 13.7. The van der Waals surface area contributed by atoms with Gasteiger partial charge in [-0.2, -0.15) is 0 Å². The molecule has 2 aromatic carbocycles. The molecule has 6 heteroatoms. The summed E-state index contributed by atoms with van der Waals surface area (Å²) in [6.45, 7) is 7.04. The highest BCUT2D eigenvalue weighted by atomic mass is 32.2. The van der Waals surface area contributed by atoms with Gasteiger partial charge in [0.15, 0.2) is 0 Å². The smallest absolute Gasteiger partial charge is 0.233 e.